The molecule has 0 radical (unpaired) electrons. The van der Waals surface area contributed by atoms with Gasteiger partial charge in [0.1, 0.15) is 11.5 Å². The van der Waals surface area contributed by atoms with Gasteiger partial charge in [-0.2, -0.15) is 11.8 Å². The minimum Gasteiger partial charge on any atom is -0.382 e. The highest BCUT2D eigenvalue weighted by Crippen LogP contribution is 2.31. The number of aromatic nitrogens is 1. The zero-order chi connectivity index (χ0) is 11.4. The van der Waals surface area contributed by atoms with Gasteiger partial charge in [0, 0.05) is 17.2 Å². The van der Waals surface area contributed by atoms with Crippen LogP contribution in [-0.4, -0.2) is 16.1 Å². The molecule has 0 aliphatic heterocycles. The third-order valence-corrected chi connectivity index (χ3v) is 4.33. The molecule has 1 aromatic rings. The molecule has 2 rings (SSSR count). The minimum atomic E-state index is 0.0488. The van der Waals surface area contributed by atoms with E-state index in [-0.39, 0.29) is 5.84 Å². The lowest BCUT2D eigenvalue weighted by molar-refractivity contribution is 0.886. The lowest BCUT2D eigenvalue weighted by Gasteiger charge is -2.08. The van der Waals surface area contributed by atoms with Crippen LogP contribution < -0.4 is 5.73 Å². The Kier molecular flexibility index (Phi) is 3.83. The van der Waals surface area contributed by atoms with Crippen LogP contribution in [0.2, 0.25) is 0 Å². The van der Waals surface area contributed by atoms with Crippen LogP contribution in [0, 0.1) is 5.41 Å². The second kappa shape index (κ2) is 5.34. The van der Waals surface area contributed by atoms with Gasteiger partial charge in [-0.1, -0.05) is 12.8 Å². The Labute approximate surface area is 100 Å². The van der Waals surface area contributed by atoms with Crippen LogP contribution in [0.15, 0.2) is 18.3 Å². The first-order chi connectivity index (χ1) is 7.75. The molecule has 0 unspecified atom stereocenters. The first-order valence-electron chi connectivity index (χ1n) is 5.66. The highest BCUT2D eigenvalue weighted by Gasteiger charge is 2.15. The van der Waals surface area contributed by atoms with E-state index in [0.717, 1.165) is 11.0 Å². The molecule has 0 spiro atoms. The van der Waals surface area contributed by atoms with Crippen molar-refractivity contribution < 1.29 is 0 Å². The first kappa shape index (κ1) is 11.5. The molecule has 4 heteroatoms. The second-order valence-electron chi connectivity index (χ2n) is 4.18. The Bertz CT molecular complexity index is 372. The summed E-state index contributed by atoms with van der Waals surface area (Å²) in [7, 11) is 0. The number of rotatable bonds is 4. The van der Waals surface area contributed by atoms with Crippen molar-refractivity contribution in [3.05, 3.63) is 29.6 Å². The highest BCUT2D eigenvalue weighted by molar-refractivity contribution is 7.99. The molecule has 0 aromatic carbocycles. The zero-order valence-corrected chi connectivity index (χ0v) is 10.1. The predicted octanol–water partition coefficient (Wildman–Crippen LogP) is 2.54. The van der Waals surface area contributed by atoms with Gasteiger partial charge in [0.25, 0.3) is 0 Å². The molecule has 3 nitrogen and oxygen atoms in total. The van der Waals surface area contributed by atoms with Crippen molar-refractivity contribution in [1.29, 1.82) is 5.41 Å². The maximum Gasteiger partial charge on any atom is 0.141 e. The van der Waals surface area contributed by atoms with Crippen molar-refractivity contribution in [3.63, 3.8) is 0 Å². The second-order valence-corrected chi connectivity index (χ2v) is 5.47. The first-order valence-corrected chi connectivity index (χ1v) is 6.71. The monoisotopic (exact) mass is 235 g/mol. The van der Waals surface area contributed by atoms with Crippen molar-refractivity contribution in [1.82, 2.24) is 4.98 Å². The average molecular weight is 235 g/mol. The molecule has 1 aromatic heterocycles. The van der Waals surface area contributed by atoms with Crippen LogP contribution in [0.3, 0.4) is 0 Å². The fourth-order valence-electron chi connectivity index (χ4n) is 1.98. The van der Waals surface area contributed by atoms with Gasteiger partial charge in [-0.25, -0.2) is 0 Å². The lowest BCUT2D eigenvalue weighted by atomic mass is 10.2. The zero-order valence-electron chi connectivity index (χ0n) is 9.28. The van der Waals surface area contributed by atoms with E-state index in [0.29, 0.717) is 5.69 Å². The molecule has 1 heterocycles. The molecular weight excluding hydrogens is 218 g/mol. The Hall–Kier alpha value is -1.03. The number of nitrogen functional groups attached to an aromatic ring is 1. The number of hydrogen-bond acceptors (Lipinski definition) is 3. The normalized spacial score (nSPS) is 16.5. The smallest absolute Gasteiger partial charge is 0.141 e. The van der Waals surface area contributed by atoms with E-state index in [1.807, 2.05) is 23.9 Å². The molecule has 1 saturated carbocycles. The van der Waals surface area contributed by atoms with Crippen molar-refractivity contribution >= 4 is 17.6 Å². The molecule has 0 atom stereocenters. The predicted molar refractivity (Wildman–Crippen MR) is 68.8 cm³/mol. The van der Waals surface area contributed by atoms with Gasteiger partial charge in [-0.15, -0.1) is 0 Å². The Morgan fingerprint density at radius 1 is 1.50 bits per heavy atom. The minimum absolute atomic E-state index is 0.0488. The molecular formula is C12H17N3S. The van der Waals surface area contributed by atoms with Gasteiger partial charge in [-0.05, 0) is 30.5 Å². The molecule has 0 bridgehead atoms. The highest BCUT2D eigenvalue weighted by atomic mass is 32.2. The molecule has 16 heavy (non-hydrogen) atoms. The van der Waals surface area contributed by atoms with Crippen molar-refractivity contribution in [2.75, 3.05) is 0 Å². The summed E-state index contributed by atoms with van der Waals surface area (Å²) < 4.78 is 0. The maximum absolute atomic E-state index is 7.34. The van der Waals surface area contributed by atoms with E-state index in [1.165, 1.54) is 31.2 Å². The average Bonchev–Trinajstić information content (AvgIpc) is 2.79. The van der Waals surface area contributed by atoms with E-state index in [9.17, 15) is 0 Å². The van der Waals surface area contributed by atoms with Crippen LogP contribution in [0.25, 0.3) is 0 Å². The summed E-state index contributed by atoms with van der Waals surface area (Å²) in [6, 6.07) is 3.93. The summed E-state index contributed by atoms with van der Waals surface area (Å²) in [5.74, 6) is 1.06. The van der Waals surface area contributed by atoms with Gasteiger partial charge in [0.05, 0.1) is 0 Å². The van der Waals surface area contributed by atoms with E-state index < -0.39 is 0 Å². The SMILES string of the molecule is N=C(N)c1cc(CSC2CCCC2)ccn1. The molecule has 0 amide bonds. The molecule has 0 saturated heterocycles. The number of nitrogens with two attached hydrogens (primary N) is 1. The Morgan fingerprint density at radius 3 is 2.94 bits per heavy atom. The molecule has 1 aliphatic rings. The van der Waals surface area contributed by atoms with E-state index in [1.54, 1.807) is 6.20 Å². The fourth-order valence-corrected chi connectivity index (χ4v) is 3.25. The molecule has 1 aliphatic carbocycles. The molecule has 1 fully saturated rings. The van der Waals surface area contributed by atoms with Crippen molar-refractivity contribution in [2.24, 2.45) is 5.73 Å². The summed E-state index contributed by atoms with van der Waals surface area (Å²) in [6.07, 6.45) is 7.21. The van der Waals surface area contributed by atoms with E-state index >= 15 is 0 Å². The number of nitrogens with one attached hydrogen (secondary N) is 1. The van der Waals surface area contributed by atoms with Gasteiger partial charge < -0.3 is 5.73 Å². The van der Waals surface area contributed by atoms with Gasteiger partial charge in [-0.3, -0.25) is 10.4 Å². The third kappa shape index (κ3) is 2.98. The number of amidine groups is 1. The summed E-state index contributed by atoms with van der Waals surface area (Å²) in [4.78, 5) is 4.06. The molecule has 3 N–H and O–H groups in total. The largest absolute Gasteiger partial charge is 0.382 e. The summed E-state index contributed by atoms with van der Waals surface area (Å²) in [6.45, 7) is 0. The summed E-state index contributed by atoms with van der Waals surface area (Å²) >= 11 is 2.02. The summed E-state index contributed by atoms with van der Waals surface area (Å²) in [5, 5.41) is 8.17. The van der Waals surface area contributed by atoms with E-state index in [2.05, 4.69) is 4.98 Å². The van der Waals surface area contributed by atoms with Crippen LogP contribution in [0.4, 0.5) is 0 Å². The van der Waals surface area contributed by atoms with Gasteiger partial charge >= 0.3 is 0 Å². The van der Waals surface area contributed by atoms with Crippen molar-refractivity contribution in [3.8, 4) is 0 Å². The Morgan fingerprint density at radius 2 is 2.25 bits per heavy atom. The topological polar surface area (TPSA) is 62.8 Å². The van der Waals surface area contributed by atoms with Gasteiger partial charge in [0.15, 0.2) is 0 Å². The third-order valence-electron chi connectivity index (χ3n) is 2.89. The molecule has 86 valence electrons. The number of thioether (sulfide) groups is 1. The van der Waals surface area contributed by atoms with Crippen LogP contribution in [0.5, 0.6) is 0 Å². The maximum atomic E-state index is 7.34. The number of hydrogen-bond donors (Lipinski definition) is 2. The quantitative estimate of drug-likeness (QED) is 0.622. The standard InChI is InChI=1S/C12H17N3S/c13-12(14)11-7-9(5-6-15-11)8-16-10-3-1-2-4-10/h5-7,10H,1-4,8H2,(H3,13,14). The summed E-state index contributed by atoms with van der Waals surface area (Å²) in [5.41, 5.74) is 7.22. The van der Waals surface area contributed by atoms with E-state index in [4.69, 9.17) is 11.1 Å². The number of pyridine rings is 1. The fraction of sp³-hybridized carbons (Fsp3) is 0.500. The number of nitrogens with zero attached hydrogens (tertiary/aromatic N) is 1. The Balaban J connectivity index is 1.93. The van der Waals surface area contributed by atoms with Crippen LogP contribution in [0.1, 0.15) is 36.9 Å². The van der Waals surface area contributed by atoms with Crippen molar-refractivity contribution in [2.45, 2.75) is 36.7 Å². The van der Waals surface area contributed by atoms with Crippen LogP contribution in [-0.2, 0) is 5.75 Å². The lowest BCUT2D eigenvalue weighted by Crippen LogP contribution is -2.13. The van der Waals surface area contributed by atoms with Gasteiger partial charge in [0.2, 0.25) is 0 Å². The van der Waals surface area contributed by atoms with Crippen LogP contribution >= 0.6 is 11.8 Å².